The van der Waals surface area contributed by atoms with Crippen LogP contribution < -0.4 is 5.32 Å². The minimum absolute atomic E-state index is 0.246. The van der Waals surface area contributed by atoms with Gasteiger partial charge in [-0.05, 0) is 57.4 Å². The lowest BCUT2D eigenvalue weighted by atomic mass is 9.79. The Morgan fingerprint density at radius 1 is 1.35 bits per heavy atom. The molecule has 3 nitrogen and oxygen atoms in total. The topological polar surface area (TPSA) is 30.5 Å². The van der Waals surface area contributed by atoms with E-state index in [1.807, 2.05) is 0 Å². The molecule has 0 bridgehead atoms. The van der Waals surface area contributed by atoms with Gasteiger partial charge in [0.1, 0.15) is 0 Å². The Labute approximate surface area is 124 Å². The van der Waals surface area contributed by atoms with E-state index in [2.05, 4.69) is 12.2 Å². The summed E-state index contributed by atoms with van der Waals surface area (Å²) >= 11 is 0. The molecule has 1 saturated carbocycles. The van der Waals surface area contributed by atoms with Crippen molar-refractivity contribution in [3.63, 3.8) is 0 Å². The lowest BCUT2D eigenvalue weighted by Crippen LogP contribution is -2.46. The molecule has 118 valence electrons. The van der Waals surface area contributed by atoms with Crippen molar-refractivity contribution in [2.24, 2.45) is 5.92 Å². The maximum absolute atomic E-state index is 6.18. The fourth-order valence-corrected chi connectivity index (χ4v) is 4.06. The summed E-state index contributed by atoms with van der Waals surface area (Å²) in [4.78, 5) is 0. The first kappa shape index (κ1) is 16.3. The lowest BCUT2D eigenvalue weighted by Gasteiger charge is -2.41. The average molecular weight is 283 g/mol. The van der Waals surface area contributed by atoms with Gasteiger partial charge in [-0.15, -0.1) is 0 Å². The van der Waals surface area contributed by atoms with E-state index in [0.717, 1.165) is 25.7 Å². The highest BCUT2D eigenvalue weighted by molar-refractivity contribution is 4.94. The quantitative estimate of drug-likeness (QED) is 0.691. The lowest BCUT2D eigenvalue weighted by molar-refractivity contribution is -0.0984. The molecule has 2 unspecified atom stereocenters. The predicted molar refractivity (Wildman–Crippen MR) is 83.1 cm³/mol. The molecule has 0 amide bonds. The molecule has 1 saturated heterocycles. The van der Waals surface area contributed by atoms with Crippen LogP contribution in [0.25, 0.3) is 0 Å². The molecule has 0 radical (unpaired) electrons. The van der Waals surface area contributed by atoms with Gasteiger partial charge in [-0.25, -0.2) is 0 Å². The average Bonchev–Trinajstić information content (AvgIpc) is 2.90. The Hall–Kier alpha value is -0.120. The molecule has 2 atom stereocenters. The third kappa shape index (κ3) is 4.44. The summed E-state index contributed by atoms with van der Waals surface area (Å²) in [5, 5.41) is 3.79. The maximum Gasteiger partial charge on any atom is 0.0685 e. The van der Waals surface area contributed by atoms with Gasteiger partial charge in [0, 0.05) is 26.4 Å². The normalized spacial score (nSPS) is 27.0. The van der Waals surface area contributed by atoms with Gasteiger partial charge in [-0.1, -0.05) is 19.8 Å². The van der Waals surface area contributed by atoms with Crippen molar-refractivity contribution in [1.29, 1.82) is 0 Å². The molecule has 2 rings (SSSR count). The fourth-order valence-electron chi connectivity index (χ4n) is 4.06. The van der Waals surface area contributed by atoms with Crippen molar-refractivity contribution in [2.45, 2.75) is 76.4 Å². The minimum Gasteiger partial charge on any atom is -0.385 e. The highest BCUT2D eigenvalue weighted by Crippen LogP contribution is 2.43. The van der Waals surface area contributed by atoms with Crippen LogP contribution in [0, 0.1) is 5.92 Å². The van der Waals surface area contributed by atoms with E-state index in [1.54, 1.807) is 7.11 Å². The van der Waals surface area contributed by atoms with Gasteiger partial charge < -0.3 is 14.8 Å². The molecular formula is C17H33NO2. The summed E-state index contributed by atoms with van der Waals surface area (Å²) in [6, 6.07) is 0.659. The molecule has 0 aromatic carbocycles. The second-order valence-electron chi connectivity index (χ2n) is 6.69. The number of methoxy groups -OCH3 is 1. The van der Waals surface area contributed by atoms with E-state index in [0.29, 0.717) is 6.04 Å². The van der Waals surface area contributed by atoms with Crippen molar-refractivity contribution in [1.82, 2.24) is 5.32 Å². The molecule has 1 aliphatic heterocycles. The molecule has 1 N–H and O–H groups in total. The van der Waals surface area contributed by atoms with Crippen LogP contribution in [-0.4, -0.2) is 38.5 Å². The molecule has 20 heavy (non-hydrogen) atoms. The number of hydrogen-bond acceptors (Lipinski definition) is 3. The minimum atomic E-state index is 0.246. The van der Waals surface area contributed by atoms with Gasteiger partial charge in [0.15, 0.2) is 0 Å². The van der Waals surface area contributed by atoms with Crippen LogP contribution in [0.3, 0.4) is 0 Å². The Morgan fingerprint density at radius 2 is 2.15 bits per heavy atom. The maximum atomic E-state index is 6.18. The third-order valence-corrected chi connectivity index (χ3v) is 5.14. The first-order valence-electron chi connectivity index (χ1n) is 8.66. The molecular weight excluding hydrogens is 250 g/mol. The second-order valence-corrected chi connectivity index (χ2v) is 6.69. The van der Waals surface area contributed by atoms with Crippen molar-refractivity contribution in [3.05, 3.63) is 0 Å². The summed E-state index contributed by atoms with van der Waals surface area (Å²) in [6.07, 6.45) is 11.5. The van der Waals surface area contributed by atoms with Crippen molar-refractivity contribution >= 4 is 0 Å². The van der Waals surface area contributed by atoms with Crippen LogP contribution in [0.4, 0.5) is 0 Å². The van der Waals surface area contributed by atoms with E-state index in [4.69, 9.17) is 9.47 Å². The van der Waals surface area contributed by atoms with Crippen molar-refractivity contribution in [2.75, 3.05) is 26.9 Å². The summed E-state index contributed by atoms with van der Waals surface area (Å²) < 4.78 is 11.4. The summed E-state index contributed by atoms with van der Waals surface area (Å²) in [7, 11) is 1.80. The van der Waals surface area contributed by atoms with Crippen molar-refractivity contribution in [3.8, 4) is 0 Å². The highest BCUT2D eigenvalue weighted by Gasteiger charge is 2.41. The fraction of sp³-hybridized carbons (Fsp3) is 1.00. The first-order valence-corrected chi connectivity index (χ1v) is 8.66. The van der Waals surface area contributed by atoms with Crippen LogP contribution in [-0.2, 0) is 9.47 Å². The number of rotatable bonds is 8. The molecule has 1 aliphatic carbocycles. The summed E-state index contributed by atoms with van der Waals surface area (Å²) in [5.74, 6) is 0.797. The molecule has 2 aliphatic rings. The van der Waals surface area contributed by atoms with E-state index in [1.165, 1.54) is 57.8 Å². The monoisotopic (exact) mass is 283 g/mol. The van der Waals surface area contributed by atoms with E-state index < -0.39 is 0 Å². The zero-order chi connectivity index (χ0) is 14.3. The van der Waals surface area contributed by atoms with E-state index in [9.17, 15) is 0 Å². The number of hydrogen-bond donors (Lipinski definition) is 1. The molecule has 1 heterocycles. The molecule has 1 spiro atoms. The van der Waals surface area contributed by atoms with Gasteiger partial charge in [-0.3, -0.25) is 0 Å². The largest absolute Gasteiger partial charge is 0.385 e. The highest BCUT2D eigenvalue weighted by atomic mass is 16.5. The molecule has 2 fully saturated rings. The zero-order valence-corrected chi connectivity index (χ0v) is 13.5. The Kier molecular flexibility index (Phi) is 6.79. The summed E-state index contributed by atoms with van der Waals surface area (Å²) in [6.45, 7) is 5.25. The predicted octanol–water partition coefficient (Wildman–Crippen LogP) is 3.52. The van der Waals surface area contributed by atoms with E-state index in [-0.39, 0.29) is 5.60 Å². The van der Waals surface area contributed by atoms with Gasteiger partial charge in [-0.2, -0.15) is 0 Å². The standard InChI is InChI=1S/C17H33NO2/c1-3-11-18-16(7-6-12-19-2)15-8-13-20-17(14-15)9-4-5-10-17/h15-16,18H,3-14H2,1-2H3. The van der Waals surface area contributed by atoms with Gasteiger partial charge in [0.05, 0.1) is 5.60 Å². The van der Waals surface area contributed by atoms with Crippen LogP contribution in [0.1, 0.15) is 64.7 Å². The molecule has 0 aromatic rings. The molecule has 3 heteroatoms. The number of nitrogens with one attached hydrogen (secondary N) is 1. The van der Waals surface area contributed by atoms with Crippen LogP contribution in [0.15, 0.2) is 0 Å². The van der Waals surface area contributed by atoms with E-state index >= 15 is 0 Å². The smallest absolute Gasteiger partial charge is 0.0685 e. The van der Waals surface area contributed by atoms with Crippen molar-refractivity contribution < 1.29 is 9.47 Å². The number of ether oxygens (including phenoxy) is 2. The Bertz CT molecular complexity index is 264. The molecule has 0 aromatic heterocycles. The second kappa shape index (κ2) is 8.35. The Balaban J connectivity index is 1.88. The van der Waals surface area contributed by atoms with Crippen LogP contribution in [0.5, 0.6) is 0 Å². The van der Waals surface area contributed by atoms with Gasteiger partial charge in [0.2, 0.25) is 0 Å². The Morgan fingerprint density at radius 3 is 2.85 bits per heavy atom. The van der Waals surface area contributed by atoms with Gasteiger partial charge >= 0.3 is 0 Å². The van der Waals surface area contributed by atoms with Crippen LogP contribution in [0.2, 0.25) is 0 Å². The van der Waals surface area contributed by atoms with Crippen LogP contribution >= 0.6 is 0 Å². The summed E-state index contributed by atoms with van der Waals surface area (Å²) in [5.41, 5.74) is 0.246. The van der Waals surface area contributed by atoms with Gasteiger partial charge in [0.25, 0.3) is 0 Å². The third-order valence-electron chi connectivity index (χ3n) is 5.14. The zero-order valence-electron chi connectivity index (χ0n) is 13.5. The first-order chi connectivity index (χ1) is 9.79. The SMILES string of the molecule is CCCNC(CCCOC)C1CCOC2(CCCC2)C1.